The molecule has 0 unspecified atom stereocenters. The number of aliphatic hydroxyl groups excluding tert-OH is 1. The van der Waals surface area contributed by atoms with E-state index in [9.17, 15) is 53.1 Å². The van der Waals surface area contributed by atoms with Gasteiger partial charge in [0.2, 0.25) is 65.0 Å². The second-order valence-corrected chi connectivity index (χ2v) is 25.7. The van der Waals surface area contributed by atoms with E-state index in [1.54, 1.807) is 34.6 Å². The highest BCUT2D eigenvalue weighted by molar-refractivity contribution is 5.99. The van der Waals surface area contributed by atoms with Crippen molar-refractivity contribution in [1.82, 2.24) is 55.6 Å². The predicted molar refractivity (Wildman–Crippen MR) is 327 cm³/mol. The van der Waals surface area contributed by atoms with Gasteiger partial charge in [-0.2, -0.15) is 0 Å². The summed E-state index contributed by atoms with van der Waals surface area (Å²) in [7, 11) is 8.44. The highest BCUT2D eigenvalue weighted by Gasteiger charge is 2.43. The van der Waals surface area contributed by atoms with E-state index < -0.39 is 150 Å². The van der Waals surface area contributed by atoms with Gasteiger partial charge in [0.05, 0.1) is 45.4 Å². The van der Waals surface area contributed by atoms with Crippen molar-refractivity contribution < 1.29 is 62.3 Å². The number of carbonyl (C=O) groups is 11. The fourth-order valence-corrected chi connectivity index (χ4v) is 11.0. The minimum absolute atomic E-state index is 0.0974. The summed E-state index contributed by atoms with van der Waals surface area (Å²) in [6.07, 6.45) is -0.495. The van der Waals surface area contributed by atoms with Crippen LogP contribution in [0.4, 0.5) is 0 Å². The molecule has 0 aromatic rings. The summed E-state index contributed by atoms with van der Waals surface area (Å²) >= 11 is 0. The van der Waals surface area contributed by atoms with Gasteiger partial charge in [-0.3, -0.25) is 52.7 Å². The maximum atomic E-state index is 15.2. The molecule has 1 aliphatic heterocycles. The SMILES string of the molecule is CCC[C@@H]1NC(=O)[C@H]([C@@H](C)O)N(C)C(=O)[C@H](C(C)C)N(C)C(=O)CN(CC[N+](CC)(CC)CC)C(=O)[C@H](CC(C)C)N(C)C(=O)[C@@H](C)NC(=O)[C@H](C)NC(=O)[C@H](CC(C)C)N(C)C(=O)[C@H](C(C)C)NC(=O)[C@H](CC(C)C)N(C)C(=O)CN(C)C1=O. The van der Waals surface area contributed by atoms with Gasteiger partial charge in [-0.25, -0.2) is 0 Å². The molecule has 1 rings (SSSR count). The van der Waals surface area contributed by atoms with E-state index >= 15 is 4.79 Å². The van der Waals surface area contributed by atoms with E-state index in [-0.39, 0.29) is 50.0 Å². The van der Waals surface area contributed by atoms with Crippen LogP contribution in [0.25, 0.3) is 0 Å². The molecule has 0 bridgehead atoms. The molecule has 5 N–H and O–H groups in total. The molecule has 0 aromatic carbocycles. The van der Waals surface area contributed by atoms with Crippen molar-refractivity contribution in [3.8, 4) is 0 Å². The lowest BCUT2D eigenvalue weighted by Crippen LogP contribution is -2.62. The number of aliphatic hydroxyl groups is 1. The summed E-state index contributed by atoms with van der Waals surface area (Å²) in [6.45, 7) is 32.0. The Hall–Kier alpha value is -5.91. The van der Waals surface area contributed by atoms with E-state index in [0.717, 1.165) is 29.4 Å². The van der Waals surface area contributed by atoms with Crippen LogP contribution in [-0.4, -0.2) is 257 Å². The van der Waals surface area contributed by atoms with E-state index in [1.165, 1.54) is 87.6 Å². The summed E-state index contributed by atoms with van der Waals surface area (Å²) < 4.78 is 0.604. The third kappa shape index (κ3) is 21.8. The molecule has 0 spiro atoms. The average Bonchev–Trinajstić information content (AvgIpc) is 3.63. The number of hydrogen-bond donors (Lipinski definition) is 5. The molecular weight excluding hydrogens is 1090 g/mol. The Bertz CT molecular complexity index is 2260. The Morgan fingerprint density at radius 2 is 0.929 bits per heavy atom. The zero-order chi connectivity index (χ0) is 65.9. The Morgan fingerprint density at radius 3 is 1.39 bits per heavy atom. The monoisotopic (exact) mass is 1210 g/mol. The average molecular weight is 1210 g/mol. The molecule has 1 heterocycles. The lowest BCUT2D eigenvalue weighted by molar-refractivity contribution is -0.922. The number of rotatable bonds is 17. The Labute approximate surface area is 509 Å². The molecule has 1 aliphatic rings. The van der Waals surface area contributed by atoms with Gasteiger partial charge in [-0.05, 0) is 96.8 Å². The van der Waals surface area contributed by atoms with Gasteiger partial charge >= 0.3 is 0 Å². The number of nitrogens with zero attached hydrogens (tertiary/aromatic N) is 8. The Balaban J connectivity index is 4.27. The van der Waals surface area contributed by atoms with Crippen LogP contribution in [0, 0.1) is 29.6 Å². The highest BCUT2D eigenvalue weighted by atomic mass is 16.3. The van der Waals surface area contributed by atoms with Gasteiger partial charge in [0.25, 0.3) is 0 Å². The summed E-state index contributed by atoms with van der Waals surface area (Å²) in [5, 5.41) is 22.2. The van der Waals surface area contributed by atoms with E-state index in [2.05, 4.69) is 21.3 Å². The topological polar surface area (TPSA) is 279 Å². The predicted octanol–water partition coefficient (Wildman–Crippen LogP) is 1.91. The quantitative estimate of drug-likeness (QED) is 0.131. The number of nitrogens with one attached hydrogen (secondary N) is 4. The van der Waals surface area contributed by atoms with Crippen LogP contribution >= 0.6 is 0 Å². The molecule has 11 amide bonds. The van der Waals surface area contributed by atoms with E-state index in [1.807, 2.05) is 62.3 Å². The van der Waals surface area contributed by atoms with Gasteiger partial charge in [0, 0.05) is 42.3 Å². The molecule has 85 heavy (non-hydrogen) atoms. The highest BCUT2D eigenvalue weighted by Crippen LogP contribution is 2.22. The Morgan fingerprint density at radius 1 is 0.471 bits per heavy atom. The fourth-order valence-electron chi connectivity index (χ4n) is 11.0. The van der Waals surface area contributed by atoms with Crippen LogP contribution in [0.1, 0.15) is 150 Å². The molecule has 10 atom stereocenters. The first-order valence-corrected chi connectivity index (χ1v) is 30.9. The summed E-state index contributed by atoms with van der Waals surface area (Å²) in [4.78, 5) is 168. The zero-order valence-corrected chi connectivity index (χ0v) is 56.2. The first-order valence-electron chi connectivity index (χ1n) is 30.9. The normalized spacial score (nSPS) is 25.7. The fraction of sp³-hybridized carbons (Fsp3) is 0.820. The van der Waals surface area contributed by atoms with Crippen molar-refractivity contribution in [2.45, 2.75) is 210 Å². The third-order valence-electron chi connectivity index (χ3n) is 16.8. The van der Waals surface area contributed by atoms with Gasteiger partial charge in [-0.15, -0.1) is 0 Å². The first kappa shape index (κ1) is 77.1. The van der Waals surface area contributed by atoms with E-state index in [0.29, 0.717) is 17.4 Å². The van der Waals surface area contributed by atoms with Crippen LogP contribution in [0.5, 0.6) is 0 Å². The molecule has 0 saturated carbocycles. The molecule has 24 heteroatoms. The van der Waals surface area contributed by atoms with Gasteiger partial charge in [-0.1, -0.05) is 82.6 Å². The summed E-state index contributed by atoms with van der Waals surface area (Å²) in [5.41, 5.74) is 0. The molecule has 488 valence electrons. The third-order valence-corrected chi connectivity index (χ3v) is 16.8. The molecule has 1 fully saturated rings. The number of amides is 11. The maximum absolute atomic E-state index is 15.2. The van der Waals surface area contributed by atoms with Crippen LogP contribution in [0.15, 0.2) is 0 Å². The lowest BCUT2D eigenvalue weighted by Gasteiger charge is -2.40. The molecule has 24 nitrogen and oxygen atoms in total. The number of hydrogen-bond acceptors (Lipinski definition) is 12. The van der Waals surface area contributed by atoms with Gasteiger partial charge in [0.1, 0.15) is 60.9 Å². The molecule has 0 aliphatic carbocycles. The Kier molecular flexibility index (Phi) is 31.8. The summed E-state index contributed by atoms with van der Waals surface area (Å²) in [6, 6.07) is -11.0. The molecule has 1 saturated heterocycles. The first-order chi connectivity index (χ1) is 39.3. The van der Waals surface area contributed by atoms with Crippen LogP contribution in [-0.2, 0) is 52.7 Å². The second kappa shape index (κ2) is 35.0. The van der Waals surface area contributed by atoms with Crippen molar-refractivity contribution in [2.75, 3.05) is 88.1 Å². The smallest absolute Gasteiger partial charge is 0.246 e. The van der Waals surface area contributed by atoms with E-state index in [4.69, 9.17) is 0 Å². The van der Waals surface area contributed by atoms with Crippen LogP contribution in [0.3, 0.4) is 0 Å². The van der Waals surface area contributed by atoms with Crippen molar-refractivity contribution in [3.05, 3.63) is 0 Å². The molecule has 0 aromatic heterocycles. The van der Waals surface area contributed by atoms with Crippen molar-refractivity contribution >= 4 is 65.0 Å². The minimum Gasteiger partial charge on any atom is -0.391 e. The number of carbonyl (C=O) groups excluding carboxylic acids is 11. The molecule has 0 radical (unpaired) electrons. The number of likely N-dealkylation sites (N-methyl/N-ethyl adjacent to an activating group) is 7. The van der Waals surface area contributed by atoms with Gasteiger partial charge in [0.15, 0.2) is 0 Å². The molecular formula is C61H113N12O12+. The summed E-state index contributed by atoms with van der Waals surface area (Å²) in [5.74, 6) is -8.81. The standard InChI is InChI=1S/C61H112N12O12/c1-24-28-44-58(82)66(18)34-48(75)67(19)45(31-36(5)6)55(79)65-50(39(11)12)60(84)68(20)46(32-37(7)8)54(78)62-41(15)53(77)63-42(16)57(81)69(21)47(33-38(9)10)59(83)72(29-30-73(25-2,26-3)27-4)35-49(76)70(22)51(40(13)14)61(85)71(23)52(43(17)74)56(80)64-44/h36-47,50-52,74H,24-35H2,1-23H3,(H3-,62,63,64,65,77,78,79,80)/p+1/t41-,42+,43+,44-,45-,46-,47-,50-,51-,52-/m0/s1. The van der Waals surface area contributed by atoms with Gasteiger partial charge < -0.3 is 65.2 Å². The largest absolute Gasteiger partial charge is 0.391 e. The van der Waals surface area contributed by atoms with Crippen LogP contribution in [0.2, 0.25) is 0 Å². The van der Waals surface area contributed by atoms with Crippen molar-refractivity contribution in [1.29, 1.82) is 0 Å². The second-order valence-electron chi connectivity index (χ2n) is 25.7. The maximum Gasteiger partial charge on any atom is 0.246 e. The van der Waals surface area contributed by atoms with Crippen molar-refractivity contribution in [3.63, 3.8) is 0 Å². The van der Waals surface area contributed by atoms with Crippen molar-refractivity contribution in [2.24, 2.45) is 29.6 Å². The number of quaternary nitrogens is 1. The lowest BCUT2D eigenvalue weighted by atomic mass is 9.97. The van der Waals surface area contributed by atoms with Crippen LogP contribution < -0.4 is 21.3 Å². The minimum atomic E-state index is -1.57. The zero-order valence-electron chi connectivity index (χ0n) is 56.2.